The summed E-state index contributed by atoms with van der Waals surface area (Å²) in [4.78, 5) is 29.2. The molecule has 0 atom stereocenters. The summed E-state index contributed by atoms with van der Waals surface area (Å²) in [6.07, 6.45) is 0.0629. The van der Waals surface area contributed by atoms with E-state index in [9.17, 15) is 18.0 Å². The van der Waals surface area contributed by atoms with Gasteiger partial charge in [0.2, 0.25) is 5.91 Å². The fraction of sp³-hybridized carbons (Fsp3) is 0.160. The standard InChI is InChI=1S/C25H24N4O5S/c1-2-34-20-13-11-19(12-14-20)28-25(31)17-7-9-18(10-8-17)27-23(30)15-16-26-24-21-5-3-4-6-22(21)35(32,33)29-24/h3-14H,2,15-16H2,1H3,(H,26,29)(H,27,30)(H,28,31). The zero-order chi connectivity index (χ0) is 24.8. The third-order valence-electron chi connectivity index (χ3n) is 5.13. The number of fused-ring (bicyclic) bond motifs is 1. The maximum atomic E-state index is 12.5. The van der Waals surface area contributed by atoms with Crippen LogP contribution in [0.1, 0.15) is 29.3 Å². The highest BCUT2D eigenvalue weighted by molar-refractivity contribution is 7.90. The van der Waals surface area contributed by atoms with Crippen molar-refractivity contribution in [3.8, 4) is 5.75 Å². The van der Waals surface area contributed by atoms with E-state index in [1.807, 2.05) is 6.92 Å². The topological polar surface area (TPSA) is 126 Å². The van der Waals surface area contributed by atoms with Crippen molar-refractivity contribution in [1.29, 1.82) is 0 Å². The van der Waals surface area contributed by atoms with Gasteiger partial charge in [-0.05, 0) is 67.6 Å². The SMILES string of the molecule is CCOc1ccc(NC(=O)c2ccc(NC(=O)CCN=C3NS(=O)(=O)c4ccccc43)cc2)cc1. The molecule has 4 rings (SSSR count). The second kappa shape index (κ2) is 10.4. The highest BCUT2D eigenvalue weighted by Crippen LogP contribution is 2.22. The van der Waals surface area contributed by atoms with Crippen molar-refractivity contribution in [3.05, 3.63) is 83.9 Å². The van der Waals surface area contributed by atoms with Gasteiger partial charge in [-0.25, -0.2) is 8.42 Å². The molecule has 1 aliphatic rings. The van der Waals surface area contributed by atoms with Crippen molar-refractivity contribution in [2.45, 2.75) is 18.2 Å². The molecule has 0 fully saturated rings. The minimum absolute atomic E-state index is 0.0629. The summed E-state index contributed by atoms with van der Waals surface area (Å²) < 4.78 is 32.0. The predicted molar refractivity (Wildman–Crippen MR) is 133 cm³/mol. The molecule has 3 aromatic carbocycles. The van der Waals surface area contributed by atoms with Gasteiger partial charge < -0.3 is 15.4 Å². The first-order chi connectivity index (χ1) is 16.9. The number of anilines is 2. The van der Waals surface area contributed by atoms with E-state index in [4.69, 9.17) is 4.74 Å². The summed E-state index contributed by atoms with van der Waals surface area (Å²) >= 11 is 0. The van der Waals surface area contributed by atoms with Crippen molar-refractivity contribution in [1.82, 2.24) is 4.72 Å². The van der Waals surface area contributed by atoms with Gasteiger partial charge in [0, 0.05) is 28.9 Å². The molecular formula is C25H24N4O5S. The lowest BCUT2D eigenvalue weighted by molar-refractivity contribution is -0.116. The number of sulfonamides is 1. The quantitative estimate of drug-likeness (QED) is 0.444. The smallest absolute Gasteiger partial charge is 0.263 e. The molecule has 0 radical (unpaired) electrons. The molecule has 2 amide bonds. The number of hydrogen-bond donors (Lipinski definition) is 3. The van der Waals surface area contributed by atoms with Crippen molar-refractivity contribution < 1.29 is 22.7 Å². The number of nitrogens with zero attached hydrogens (tertiary/aromatic N) is 1. The first kappa shape index (κ1) is 24.0. The molecule has 1 aliphatic heterocycles. The largest absolute Gasteiger partial charge is 0.494 e. The highest BCUT2D eigenvalue weighted by atomic mass is 32.2. The summed E-state index contributed by atoms with van der Waals surface area (Å²) in [5.74, 6) is 0.403. The zero-order valence-corrected chi connectivity index (χ0v) is 19.8. The van der Waals surface area contributed by atoms with Crippen LogP contribution in [-0.2, 0) is 14.8 Å². The number of benzene rings is 3. The second-order valence-electron chi connectivity index (χ2n) is 7.62. The van der Waals surface area contributed by atoms with Gasteiger partial charge in [0.15, 0.2) is 0 Å². The highest BCUT2D eigenvalue weighted by Gasteiger charge is 2.29. The van der Waals surface area contributed by atoms with Crippen LogP contribution in [0.2, 0.25) is 0 Å². The van der Waals surface area contributed by atoms with E-state index in [0.717, 1.165) is 5.75 Å². The Kier molecular flexibility index (Phi) is 7.11. The summed E-state index contributed by atoms with van der Waals surface area (Å²) in [6, 6.07) is 20.1. The third-order valence-corrected chi connectivity index (χ3v) is 6.52. The average Bonchev–Trinajstić information content (AvgIpc) is 3.11. The van der Waals surface area contributed by atoms with Gasteiger partial charge in [0.1, 0.15) is 11.6 Å². The Morgan fingerprint density at radius 3 is 2.29 bits per heavy atom. The van der Waals surface area contributed by atoms with E-state index in [0.29, 0.717) is 29.1 Å². The van der Waals surface area contributed by atoms with Crippen LogP contribution >= 0.6 is 0 Å². The lowest BCUT2D eigenvalue weighted by atomic mass is 10.2. The number of nitrogens with one attached hydrogen (secondary N) is 3. The Morgan fingerprint density at radius 2 is 1.57 bits per heavy atom. The lowest BCUT2D eigenvalue weighted by Gasteiger charge is -2.08. The number of carbonyl (C=O) groups excluding carboxylic acids is 2. The van der Waals surface area contributed by atoms with Crippen LogP contribution in [0.25, 0.3) is 0 Å². The Hall–Kier alpha value is -4.18. The number of ether oxygens (including phenoxy) is 1. The molecule has 0 aromatic heterocycles. The minimum atomic E-state index is -3.61. The molecule has 3 N–H and O–H groups in total. The summed E-state index contributed by atoms with van der Waals surface area (Å²) in [7, 11) is -3.61. The van der Waals surface area contributed by atoms with Crippen molar-refractivity contribution >= 4 is 39.0 Å². The van der Waals surface area contributed by atoms with E-state index in [1.54, 1.807) is 66.7 Å². The summed E-state index contributed by atoms with van der Waals surface area (Å²) in [5, 5.41) is 5.55. The minimum Gasteiger partial charge on any atom is -0.494 e. The normalized spacial score (nSPS) is 14.6. The van der Waals surface area contributed by atoms with Gasteiger partial charge >= 0.3 is 0 Å². The van der Waals surface area contributed by atoms with Gasteiger partial charge in [-0.2, -0.15) is 0 Å². The Morgan fingerprint density at radius 1 is 0.914 bits per heavy atom. The molecule has 0 saturated carbocycles. The molecule has 0 spiro atoms. The van der Waals surface area contributed by atoms with Gasteiger partial charge in [0.05, 0.1) is 18.0 Å². The monoisotopic (exact) mass is 492 g/mol. The Bertz CT molecular complexity index is 1370. The van der Waals surface area contributed by atoms with E-state index in [-0.39, 0.29) is 35.5 Å². The number of rotatable bonds is 8. The van der Waals surface area contributed by atoms with Crippen LogP contribution < -0.4 is 20.1 Å². The first-order valence-electron chi connectivity index (χ1n) is 11.0. The fourth-order valence-electron chi connectivity index (χ4n) is 3.45. The van der Waals surface area contributed by atoms with Crippen LogP contribution in [0.4, 0.5) is 11.4 Å². The van der Waals surface area contributed by atoms with Gasteiger partial charge in [-0.3, -0.25) is 19.3 Å². The van der Waals surface area contributed by atoms with Crippen molar-refractivity contribution in [2.24, 2.45) is 4.99 Å². The average molecular weight is 493 g/mol. The van der Waals surface area contributed by atoms with Gasteiger partial charge in [0.25, 0.3) is 15.9 Å². The van der Waals surface area contributed by atoms with Crippen LogP contribution in [0.3, 0.4) is 0 Å². The Labute approximate surface area is 203 Å². The summed E-state index contributed by atoms with van der Waals surface area (Å²) in [6.45, 7) is 2.58. The third kappa shape index (κ3) is 5.85. The van der Waals surface area contributed by atoms with Crippen LogP contribution in [0.15, 0.2) is 82.7 Å². The number of amidine groups is 1. The number of amides is 2. The van der Waals surface area contributed by atoms with Crippen molar-refractivity contribution in [2.75, 3.05) is 23.8 Å². The molecule has 35 heavy (non-hydrogen) atoms. The molecule has 0 unspecified atom stereocenters. The maximum Gasteiger partial charge on any atom is 0.263 e. The number of carbonyl (C=O) groups is 2. The maximum absolute atomic E-state index is 12.5. The molecule has 0 aliphatic carbocycles. The Balaban J connectivity index is 1.29. The van der Waals surface area contributed by atoms with E-state index in [2.05, 4.69) is 20.3 Å². The molecular weight excluding hydrogens is 468 g/mol. The molecule has 0 saturated heterocycles. The van der Waals surface area contributed by atoms with Gasteiger partial charge in [-0.1, -0.05) is 12.1 Å². The fourth-order valence-corrected chi connectivity index (χ4v) is 4.70. The number of hydrogen-bond acceptors (Lipinski definition) is 6. The van der Waals surface area contributed by atoms with Gasteiger partial charge in [-0.15, -0.1) is 0 Å². The van der Waals surface area contributed by atoms with Crippen LogP contribution in [0, 0.1) is 0 Å². The molecule has 180 valence electrons. The van der Waals surface area contributed by atoms with Crippen LogP contribution in [-0.4, -0.2) is 39.2 Å². The van der Waals surface area contributed by atoms with Crippen LogP contribution in [0.5, 0.6) is 5.75 Å². The van der Waals surface area contributed by atoms with E-state index < -0.39 is 10.0 Å². The second-order valence-corrected chi connectivity index (χ2v) is 9.27. The molecule has 1 heterocycles. The molecule has 9 nitrogen and oxygen atoms in total. The van der Waals surface area contributed by atoms with Crippen molar-refractivity contribution in [3.63, 3.8) is 0 Å². The lowest BCUT2D eigenvalue weighted by Crippen LogP contribution is -2.23. The molecule has 10 heteroatoms. The molecule has 3 aromatic rings. The first-order valence-corrected chi connectivity index (χ1v) is 12.4. The van der Waals surface area contributed by atoms with E-state index >= 15 is 0 Å². The van der Waals surface area contributed by atoms with E-state index in [1.165, 1.54) is 6.07 Å². The number of aliphatic imine (C=N–C) groups is 1. The molecule has 0 bridgehead atoms. The predicted octanol–water partition coefficient (Wildman–Crippen LogP) is 3.40. The zero-order valence-electron chi connectivity index (χ0n) is 18.9. The summed E-state index contributed by atoms with van der Waals surface area (Å²) in [5.41, 5.74) is 2.11.